The summed E-state index contributed by atoms with van der Waals surface area (Å²) in [6, 6.07) is 13.3. The zero-order valence-corrected chi connectivity index (χ0v) is 18.3. The Kier molecular flexibility index (Phi) is 5.69. The van der Waals surface area contributed by atoms with Crippen LogP contribution in [0.2, 0.25) is 0 Å². The van der Waals surface area contributed by atoms with Gasteiger partial charge in [0.15, 0.2) is 5.13 Å². The number of aromatic nitrogens is 1. The first-order valence-corrected chi connectivity index (χ1v) is 10.9. The molecule has 1 saturated heterocycles. The smallest absolute Gasteiger partial charge is 0.301 e. The Hall–Kier alpha value is -2.97. The normalized spacial score (nSPS) is 18.1. The summed E-state index contributed by atoms with van der Waals surface area (Å²) in [6.07, 6.45) is 1.57. The van der Waals surface area contributed by atoms with Crippen molar-refractivity contribution in [1.29, 1.82) is 0 Å². The lowest BCUT2D eigenvalue weighted by molar-refractivity contribution is -0.132. The molecule has 0 aliphatic carbocycles. The number of hydrogen-bond donors (Lipinski definition) is 1. The highest BCUT2D eigenvalue weighted by molar-refractivity contribution is 9.10. The molecule has 0 bridgehead atoms. The number of benzene rings is 2. The molecule has 1 unspecified atom stereocenters. The second-order valence-corrected chi connectivity index (χ2v) is 8.29. The number of Topliss-reactive ketones (excluding diaryl/α,β-unsaturated/α-hetero) is 1. The summed E-state index contributed by atoms with van der Waals surface area (Å²) >= 11 is 4.69. The third-order valence-electron chi connectivity index (χ3n) is 4.65. The van der Waals surface area contributed by atoms with Crippen LogP contribution < -0.4 is 9.64 Å². The van der Waals surface area contributed by atoms with Gasteiger partial charge in [0.1, 0.15) is 11.5 Å². The summed E-state index contributed by atoms with van der Waals surface area (Å²) < 4.78 is 6.30. The number of nitrogens with zero attached hydrogens (tertiary/aromatic N) is 2. The van der Waals surface area contributed by atoms with Crippen molar-refractivity contribution in [2.45, 2.75) is 13.0 Å². The number of rotatable bonds is 5. The van der Waals surface area contributed by atoms with Crippen LogP contribution in [0.25, 0.3) is 5.76 Å². The van der Waals surface area contributed by atoms with Crippen molar-refractivity contribution in [3.63, 3.8) is 0 Å². The standard InChI is InChI=1S/C22H17BrN2O4S/c1-2-29-16-8-4-6-14(12-16)19(26)17-18(13-5-3-7-15(23)11-13)25(21(28)20(17)27)22-24-9-10-30-22/h3-12,18,26H,2H2,1H3. The fourth-order valence-electron chi connectivity index (χ4n) is 3.41. The molecule has 1 aliphatic heterocycles. The second kappa shape index (κ2) is 8.41. The van der Waals surface area contributed by atoms with Gasteiger partial charge in [-0.05, 0) is 36.8 Å². The van der Waals surface area contributed by atoms with Crippen LogP contribution in [-0.4, -0.2) is 28.4 Å². The van der Waals surface area contributed by atoms with Crippen LogP contribution in [0.3, 0.4) is 0 Å². The molecule has 152 valence electrons. The van der Waals surface area contributed by atoms with Gasteiger partial charge in [-0.2, -0.15) is 0 Å². The molecule has 1 fully saturated rings. The second-order valence-electron chi connectivity index (χ2n) is 6.50. The number of thiazole rings is 1. The molecule has 1 aromatic heterocycles. The van der Waals surface area contributed by atoms with E-state index in [-0.39, 0.29) is 11.3 Å². The lowest BCUT2D eigenvalue weighted by Crippen LogP contribution is -2.29. The molecule has 2 heterocycles. The first-order chi connectivity index (χ1) is 14.5. The Balaban J connectivity index is 1.92. The van der Waals surface area contributed by atoms with Crippen molar-refractivity contribution in [1.82, 2.24) is 4.98 Å². The van der Waals surface area contributed by atoms with E-state index in [9.17, 15) is 14.7 Å². The minimum absolute atomic E-state index is 0.0157. The van der Waals surface area contributed by atoms with Crippen molar-refractivity contribution >= 4 is 49.8 Å². The van der Waals surface area contributed by atoms with Crippen LogP contribution in [0.4, 0.5) is 5.13 Å². The molecule has 1 amide bonds. The van der Waals surface area contributed by atoms with Gasteiger partial charge in [-0.3, -0.25) is 14.5 Å². The summed E-state index contributed by atoms with van der Waals surface area (Å²) in [6.45, 7) is 2.33. The molecular formula is C22H17BrN2O4S. The molecule has 4 rings (SSSR count). The Labute approximate surface area is 185 Å². The van der Waals surface area contributed by atoms with E-state index >= 15 is 0 Å². The predicted octanol–water partition coefficient (Wildman–Crippen LogP) is 4.93. The SMILES string of the molecule is CCOc1cccc(C(O)=C2C(=O)C(=O)N(c3nccs3)C2c2cccc(Br)c2)c1. The van der Waals surface area contributed by atoms with Gasteiger partial charge in [-0.15, -0.1) is 11.3 Å². The first-order valence-electron chi connectivity index (χ1n) is 9.20. The average Bonchev–Trinajstić information content (AvgIpc) is 3.35. The van der Waals surface area contributed by atoms with Gasteiger partial charge in [-0.25, -0.2) is 4.98 Å². The lowest BCUT2D eigenvalue weighted by atomic mass is 9.95. The van der Waals surface area contributed by atoms with Gasteiger partial charge >= 0.3 is 5.91 Å². The molecule has 2 aromatic carbocycles. The molecule has 1 aliphatic rings. The molecule has 3 aromatic rings. The highest BCUT2D eigenvalue weighted by Crippen LogP contribution is 2.43. The summed E-state index contributed by atoms with van der Waals surface area (Å²) in [5.41, 5.74) is 1.10. The van der Waals surface area contributed by atoms with E-state index in [1.165, 1.54) is 16.2 Å². The van der Waals surface area contributed by atoms with Gasteiger partial charge in [0.25, 0.3) is 5.78 Å². The molecule has 0 saturated carbocycles. The monoisotopic (exact) mass is 484 g/mol. The fraction of sp³-hybridized carbons (Fsp3) is 0.136. The zero-order valence-electron chi connectivity index (χ0n) is 15.9. The minimum Gasteiger partial charge on any atom is -0.507 e. The Bertz CT molecular complexity index is 1140. The maximum atomic E-state index is 13.0. The number of ether oxygens (including phenoxy) is 1. The number of carbonyl (C=O) groups excluding carboxylic acids is 2. The lowest BCUT2D eigenvalue weighted by Gasteiger charge is -2.23. The number of hydrogen-bond acceptors (Lipinski definition) is 6. The van der Waals surface area contributed by atoms with Crippen molar-refractivity contribution in [3.05, 3.63) is 81.3 Å². The number of halogens is 1. The van der Waals surface area contributed by atoms with Crippen LogP contribution in [0, 0.1) is 0 Å². The molecule has 8 heteroatoms. The highest BCUT2D eigenvalue weighted by atomic mass is 79.9. The topological polar surface area (TPSA) is 79.7 Å². The van der Waals surface area contributed by atoms with Gasteiger partial charge in [0, 0.05) is 21.6 Å². The third kappa shape index (κ3) is 3.64. The molecule has 6 nitrogen and oxygen atoms in total. The summed E-state index contributed by atoms with van der Waals surface area (Å²) in [7, 11) is 0. The van der Waals surface area contributed by atoms with Gasteiger partial charge in [0.05, 0.1) is 18.2 Å². The van der Waals surface area contributed by atoms with Crippen LogP contribution in [0.15, 0.2) is 70.2 Å². The maximum absolute atomic E-state index is 13.0. The van der Waals surface area contributed by atoms with Crippen LogP contribution in [0.1, 0.15) is 24.1 Å². The van der Waals surface area contributed by atoms with Crippen molar-refractivity contribution in [3.8, 4) is 5.75 Å². The number of anilines is 1. The van der Waals surface area contributed by atoms with Crippen molar-refractivity contribution < 1.29 is 19.4 Å². The van der Waals surface area contributed by atoms with E-state index in [0.717, 1.165) is 4.47 Å². The molecule has 0 radical (unpaired) electrons. The van der Waals surface area contributed by atoms with E-state index in [1.54, 1.807) is 35.8 Å². The summed E-state index contributed by atoms with van der Waals surface area (Å²) in [4.78, 5) is 31.5. The van der Waals surface area contributed by atoms with E-state index in [2.05, 4.69) is 20.9 Å². The molecule has 30 heavy (non-hydrogen) atoms. The summed E-state index contributed by atoms with van der Waals surface area (Å²) in [5, 5.41) is 13.2. The zero-order chi connectivity index (χ0) is 21.3. The number of carbonyl (C=O) groups is 2. The third-order valence-corrected chi connectivity index (χ3v) is 5.92. The maximum Gasteiger partial charge on any atom is 0.301 e. The fourth-order valence-corrected chi connectivity index (χ4v) is 4.50. The molecular weight excluding hydrogens is 468 g/mol. The number of aliphatic hydroxyl groups is 1. The van der Waals surface area contributed by atoms with Crippen molar-refractivity contribution in [2.24, 2.45) is 0 Å². The minimum atomic E-state index is -0.801. The number of ketones is 1. The largest absolute Gasteiger partial charge is 0.507 e. The van der Waals surface area contributed by atoms with Gasteiger partial charge in [-0.1, -0.05) is 40.2 Å². The van der Waals surface area contributed by atoms with E-state index in [4.69, 9.17) is 4.74 Å². The molecule has 1 N–H and O–H groups in total. The van der Waals surface area contributed by atoms with Crippen molar-refractivity contribution in [2.75, 3.05) is 11.5 Å². The Morgan fingerprint density at radius 1 is 1.23 bits per heavy atom. The number of aliphatic hydroxyl groups excluding tert-OH is 1. The van der Waals surface area contributed by atoms with E-state index in [1.807, 2.05) is 31.2 Å². The Morgan fingerprint density at radius 3 is 2.73 bits per heavy atom. The predicted molar refractivity (Wildman–Crippen MR) is 119 cm³/mol. The van der Waals surface area contributed by atoms with Gasteiger partial charge in [0.2, 0.25) is 0 Å². The van der Waals surface area contributed by atoms with E-state index in [0.29, 0.717) is 28.6 Å². The van der Waals surface area contributed by atoms with Crippen LogP contribution in [0.5, 0.6) is 5.75 Å². The quantitative estimate of drug-likeness (QED) is 0.315. The van der Waals surface area contributed by atoms with Crippen LogP contribution in [-0.2, 0) is 9.59 Å². The van der Waals surface area contributed by atoms with E-state index < -0.39 is 17.7 Å². The average molecular weight is 485 g/mol. The highest BCUT2D eigenvalue weighted by Gasteiger charge is 2.48. The van der Waals surface area contributed by atoms with Gasteiger partial charge < -0.3 is 9.84 Å². The molecule has 1 atom stereocenters. The Morgan fingerprint density at radius 2 is 2.03 bits per heavy atom. The first kappa shape index (κ1) is 20.3. The molecule has 0 spiro atoms. The number of amides is 1. The van der Waals surface area contributed by atoms with Crippen LogP contribution >= 0.6 is 27.3 Å². The summed E-state index contributed by atoms with van der Waals surface area (Å²) in [5.74, 6) is -1.17.